The van der Waals surface area contributed by atoms with E-state index >= 15 is 0 Å². The van der Waals surface area contributed by atoms with Crippen LogP contribution in [0, 0.1) is 0 Å². The van der Waals surface area contributed by atoms with Gasteiger partial charge in [0.05, 0.1) is 99.1 Å². The molecule has 0 radical (unpaired) electrons. The first-order valence-corrected chi connectivity index (χ1v) is 18.8. The van der Waals surface area contributed by atoms with Crippen LogP contribution in [0.2, 0.25) is 0 Å². The minimum Gasteiger partial charge on any atom is -0.491 e. The third kappa shape index (κ3) is 33.3. The van der Waals surface area contributed by atoms with Crippen LogP contribution in [0.15, 0.2) is 24.3 Å². The Morgan fingerprint density at radius 2 is 0.745 bits per heavy atom. The molecule has 276 valence electrons. The first-order valence-electron chi connectivity index (χ1n) is 18.3. The van der Waals surface area contributed by atoms with E-state index in [0.29, 0.717) is 106 Å². The lowest BCUT2D eigenvalue weighted by molar-refractivity contribution is -0.0236. The maximum absolute atomic E-state index is 5.78. The molecule has 1 rings (SSSR count). The highest BCUT2D eigenvalue weighted by atomic mass is 35.5. The third-order valence-corrected chi connectivity index (χ3v) is 7.53. The fourth-order valence-electron chi connectivity index (χ4n) is 4.55. The smallest absolute Gasteiger partial charge is 0.119 e. The Morgan fingerprint density at radius 3 is 1.19 bits per heavy atom. The average molecular weight is 691 g/mol. The molecule has 0 aliphatic rings. The lowest BCUT2D eigenvalue weighted by atomic mass is 10.0. The normalized spacial score (nSPS) is 11.4. The molecule has 0 spiro atoms. The number of ether oxygens (including phenoxy) is 9. The Bertz CT molecular complexity index is 726. The van der Waals surface area contributed by atoms with E-state index in [9.17, 15) is 0 Å². The number of aryl methyl sites for hydroxylation is 1. The van der Waals surface area contributed by atoms with Crippen LogP contribution in [0.3, 0.4) is 0 Å². The van der Waals surface area contributed by atoms with E-state index in [1.54, 1.807) is 0 Å². The van der Waals surface area contributed by atoms with E-state index in [1.165, 1.54) is 63.4 Å². The number of alkyl halides is 1. The summed E-state index contributed by atoms with van der Waals surface area (Å²) in [4.78, 5) is 0. The maximum Gasteiger partial charge on any atom is 0.119 e. The van der Waals surface area contributed by atoms with Crippen molar-refractivity contribution in [2.24, 2.45) is 0 Å². The van der Waals surface area contributed by atoms with Crippen LogP contribution in [0.5, 0.6) is 5.75 Å². The van der Waals surface area contributed by atoms with Gasteiger partial charge in [0, 0.05) is 12.5 Å². The molecular weight excluding hydrogens is 624 g/mol. The van der Waals surface area contributed by atoms with Crippen molar-refractivity contribution in [2.45, 2.75) is 84.0 Å². The zero-order valence-corrected chi connectivity index (χ0v) is 30.3. The second-order valence-corrected chi connectivity index (χ2v) is 11.7. The van der Waals surface area contributed by atoms with Crippen LogP contribution in [0.1, 0.15) is 83.1 Å². The molecule has 1 aromatic rings. The van der Waals surface area contributed by atoms with Gasteiger partial charge in [-0.1, -0.05) is 70.4 Å². The summed E-state index contributed by atoms with van der Waals surface area (Å²) >= 11 is 5.66. The van der Waals surface area contributed by atoms with Crippen LogP contribution in [-0.4, -0.2) is 118 Å². The molecule has 0 saturated carbocycles. The van der Waals surface area contributed by atoms with E-state index in [2.05, 4.69) is 31.2 Å². The van der Waals surface area contributed by atoms with Crippen molar-refractivity contribution in [3.63, 3.8) is 0 Å². The van der Waals surface area contributed by atoms with Crippen molar-refractivity contribution < 1.29 is 42.6 Å². The molecule has 47 heavy (non-hydrogen) atoms. The largest absolute Gasteiger partial charge is 0.491 e. The summed E-state index contributed by atoms with van der Waals surface area (Å²) in [5, 5.41) is 0. The fraction of sp³-hybridized carbons (Fsp3) is 0.838. The number of hydrogen-bond donors (Lipinski definition) is 0. The molecule has 0 aliphatic carbocycles. The minimum absolute atomic E-state index is 0.528. The molecule has 0 heterocycles. The highest BCUT2D eigenvalue weighted by Gasteiger charge is 1.99. The number of unbranched alkanes of at least 4 members (excludes halogenated alkanes) is 9. The van der Waals surface area contributed by atoms with Gasteiger partial charge in [0.2, 0.25) is 0 Å². The zero-order valence-electron chi connectivity index (χ0n) is 29.6. The van der Waals surface area contributed by atoms with Crippen molar-refractivity contribution in [3.8, 4) is 5.75 Å². The molecule has 10 heteroatoms. The SMILES string of the molecule is CCCCCCCCCc1ccc(OCCOCCOCCOCCOCCOCCOCCOCCOCCCCCCCl)cc1. The Hall–Kier alpha value is -1.01. The Morgan fingerprint density at radius 1 is 0.383 bits per heavy atom. The van der Waals surface area contributed by atoms with Gasteiger partial charge in [0.15, 0.2) is 0 Å². The first-order chi connectivity index (χ1) is 23.4. The summed E-state index contributed by atoms with van der Waals surface area (Å²) in [5.41, 5.74) is 1.38. The van der Waals surface area contributed by atoms with Crippen molar-refractivity contribution in [1.82, 2.24) is 0 Å². The zero-order chi connectivity index (χ0) is 33.6. The molecule has 0 bridgehead atoms. The maximum atomic E-state index is 5.78. The van der Waals surface area contributed by atoms with Gasteiger partial charge in [-0.15, -0.1) is 11.6 Å². The van der Waals surface area contributed by atoms with E-state index in [-0.39, 0.29) is 0 Å². The molecule has 0 aliphatic heterocycles. The molecule has 0 fully saturated rings. The number of benzene rings is 1. The lowest BCUT2D eigenvalue weighted by Crippen LogP contribution is -2.15. The Kier molecular flexibility index (Phi) is 35.4. The molecule has 0 atom stereocenters. The van der Waals surface area contributed by atoms with E-state index in [1.807, 2.05) is 0 Å². The van der Waals surface area contributed by atoms with Crippen LogP contribution < -0.4 is 4.74 Å². The summed E-state index contributed by atoms with van der Waals surface area (Å²) in [6.45, 7) is 11.8. The van der Waals surface area contributed by atoms with E-state index in [4.69, 9.17) is 54.2 Å². The molecule has 0 amide bonds. The van der Waals surface area contributed by atoms with Crippen LogP contribution in [-0.2, 0) is 44.3 Å². The first kappa shape index (κ1) is 44.0. The monoisotopic (exact) mass is 690 g/mol. The Balaban J connectivity index is 1.71. The second-order valence-electron chi connectivity index (χ2n) is 11.4. The predicted molar refractivity (Wildman–Crippen MR) is 189 cm³/mol. The highest BCUT2D eigenvalue weighted by Crippen LogP contribution is 2.15. The van der Waals surface area contributed by atoms with Gasteiger partial charge in [-0.05, 0) is 43.4 Å². The number of halogens is 1. The van der Waals surface area contributed by atoms with Gasteiger partial charge < -0.3 is 42.6 Å². The average Bonchev–Trinajstić information content (AvgIpc) is 3.09. The summed E-state index contributed by atoms with van der Waals surface area (Å²) in [5.74, 6) is 1.64. The van der Waals surface area contributed by atoms with Gasteiger partial charge in [0.25, 0.3) is 0 Å². The standard InChI is InChI=1S/C37H67ClO9/c1-2-3-4-5-6-7-10-13-36-14-16-37(17-15-36)47-35-34-46-33-32-45-31-30-44-29-28-43-27-26-42-25-24-41-23-22-40-21-20-39-19-12-9-8-11-18-38/h14-17H,2-13,18-35H2,1H3. The quantitative estimate of drug-likeness (QED) is 0.0522. The highest BCUT2D eigenvalue weighted by molar-refractivity contribution is 6.17. The molecule has 1 aromatic carbocycles. The van der Waals surface area contributed by atoms with Crippen LogP contribution >= 0.6 is 11.6 Å². The van der Waals surface area contributed by atoms with E-state index in [0.717, 1.165) is 37.5 Å². The molecule has 0 unspecified atom stereocenters. The number of rotatable bonds is 39. The van der Waals surface area contributed by atoms with Crippen LogP contribution in [0.4, 0.5) is 0 Å². The van der Waals surface area contributed by atoms with Gasteiger partial charge in [-0.2, -0.15) is 0 Å². The summed E-state index contributed by atoms with van der Waals surface area (Å²) in [6.07, 6.45) is 15.1. The van der Waals surface area contributed by atoms with Gasteiger partial charge in [-0.3, -0.25) is 0 Å². The van der Waals surface area contributed by atoms with Crippen molar-refractivity contribution in [3.05, 3.63) is 29.8 Å². The predicted octanol–water partition coefficient (Wildman–Crippen LogP) is 7.29. The van der Waals surface area contributed by atoms with Crippen LogP contribution in [0.25, 0.3) is 0 Å². The summed E-state index contributed by atoms with van der Waals surface area (Å²) in [6, 6.07) is 8.46. The molecule has 0 saturated heterocycles. The van der Waals surface area contributed by atoms with Gasteiger partial charge in [-0.25, -0.2) is 0 Å². The summed E-state index contributed by atoms with van der Waals surface area (Å²) in [7, 11) is 0. The van der Waals surface area contributed by atoms with E-state index < -0.39 is 0 Å². The molecule has 0 aromatic heterocycles. The third-order valence-electron chi connectivity index (χ3n) is 7.27. The number of hydrogen-bond acceptors (Lipinski definition) is 9. The molecular formula is C37H67ClO9. The van der Waals surface area contributed by atoms with Crippen molar-refractivity contribution in [2.75, 3.05) is 118 Å². The van der Waals surface area contributed by atoms with Crippen molar-refractivity contribution >= 4 is 11.6 Å². The second kappa shape index (κ2) is 37.8. The Labute approximate surface area is 291 Å². The topological polar surface area (TPSA) is 83.1 Å². The van der Waals surface area contributed by atoms with Gasteiger partial charge >= 0.3 is 0 Å². The van der Waals surface area contributed by atoms with Gasteiger partial charge in [0.1, 0.15) is 12.4 Å². The fourth-order valence-corrected chi connectivity index (χ4v) is 4.74. The lowest BCUT2D eigenvalue weighted by Gasteiger charge is -2.09. The summed E-state index contributed by atoms with van der Waals surface area (Å²) < 4.78 is 50.0. The molecule has 0 N–H and O–H groups in total. The molecule has 9 nitrogen and oxygen atoms in total. The minimum atomic E-state index is 0.528. The van der Waals surface area contributed by atoms with Crippen molar-refractivity contribution in [1.29, 1.82) is 0 Å².